The molecule has 0 saturated carbocycles. The standard InChI is InChI=1S/C24H26N4O3/c1-16-7-12-19-21(27-18-10-8-17(9-11-18)24(30)31-2)20(15-25-22(19)26-16)23(29)28-13-5-3-4-6-14-28/h7-12,15H,3-6,13-14H2,1-2H3,(H,25,26,27). The lowest BCUT2D eigenvalue weighted by Crippen LogP contribution is -2.32. The Balaban J connectivity index is 1.74. The normalized spacial score (nSPS) is 14.2. The van der Waals surface area contributed by atoms with E-state index in [1.807, 2.05) is 24.0 Å². The van der Waals surface area contributed by atoms with Crippen LogP contribution in [0, 0.1) is 6.92 Å². The predicted molar refractivity (Wildman–Crippen MR) is 120 cm³/mol. The van der Waals surface area contributed by atoms with Crippen molar-refractivity contribution in [3.63, 3.8) is 0 Å². The molecule has 1 fully saturated rings. The summed E-state index contributed by atoms with van der Waals surface area (Å²) in [5, 5.41) is 4.16. The number of likely N-dealkylation sites (tertiary alicyclic amines) is 1. The summed E-state index contributed by atoms with van der Waals surface area (Å²) in [6.45, 7) is 3.43. The molecule has 2 aromatic heterocycles. The SMILES string of the molecule is COC(=O)c1ccc(Nc2c(C(=O)N3CCCCCC3)cnc3nc(C)ccc23)cc1. The third-order valence-electron chi connectivity index (χ3n) is 5.57. The number of aryl methyl sites for hydroxylation is 1. The fourth-order valence-corrected chi connectivity index (χ4v) is 3.86. The monoisotopic (exact) mass is 418 g/mol. The van der Waals surface area contributed by atoms with Crippen molar-refractivity contribution in [3.05, 3.63) is 59.4 Å². The van der Waals surface area contributed by atoms with Crippen molar-refractivity contribution in [3.8, 4) is 0 Å². The number of nitrogens with zero attached hydrogens (tertiary/aromatic N) is 3. The van der Waals surface area contributed by atoms with Gasteiger partial charge in [-0.2, -0.15) is 0 Å². The summed E-state index contributed by atoms with van der Waals surface area (Å²) >= 11 is 0. The molecule has 1 aliphatic heterocycles. The van der Waals surface area contributed by atoms with Gasteiger partial charge in [-0.05, 0) is 56.2 Å². The number of aromatic nitrogens is 2. The third-order valence-corrected chi connectivity index (χ3v) is 5.57. The quantitative estimate of drug-likeness (QED) is 0.629. The minimum atomic E-state index is -0.391. The van der Waals surface area contributed by atoms with E-state index in [2.05, 4.69) is 15.3 Å². The van der Waals surface area contributed by atoms with Gasteiger partial charge >= 0.3 is 5.97 Å². The number of rotatable bonds is 4. The molecule has 0 radical (unpaired) electrons. The molecule has 0 aliphatic carbocycles. The van der Waals surface area contributed by atoms with Crippen LogP contribution in [0.2, 0.25) is 0 Å². The first-order valence-electron chi connectivity index (χ1n) is 10.6. The van der Waals surface area contributed by atoms with Gasteiger partial charge in [0.1, 0.15) is 0 Å². The van der Waals surface area contributed by atoms with Gasteiger partial charge in [0.2, 0.25) is 0 Å². The minimum absolute atomic E-state index is 0.0226. The van der Waals surface area contributed by atoms with Crippen molar-refractivity contribution in [2.75, 3.05) is 25.5 Å². The van der Waals surface area contributed by atoms with Crippen LogP contribution in [0.1, 0.15) is 52.1 Å². The highest BCUT2D eigenvalue weighted by Gasteiger charge is 2.23. The fraction of sp³-hybridized carbons (Fsp3) is 0.333. The summed E-state index contributed by atoms with van der Waals surface area (Å²) in [4.78, 5) is 36.1. The summed E-state index contributed by atoms with van der Waals surface area (Å²) in [6.07, 6.45) is 5.96. The van der Waals surface area contributed by atoms with E-state index >= 15 is 0 Å². The van der Waals surface area contributed by atoms with E-state index in [-0.39, 0.29) is 5.91 Å². The summed E-state index contributed by atoms with van der Waals surface area (Å²) in [5.41, 5.74) is 3.87. The average Bonchev–Trinajstić information content (AvgIpc) is 3.08. The molecular formula is C24H26N4O3. The maximum absolute atomic E-state index is 13.4. The van der Waals surface area contributed by atoms with Gasteiger partial charge in [-0.1, -0.05) is 12.8 Å². The molecule has 0 spiro atoms. The highest BCUT2D eigenvalue weighted by Crippen LogP contribution is 2.30. The first-order valence-corrected chi connectivity index (χ1v) is 10.6. The molecule has 1 aliphatic rings. The van der Waals surface area contributed by atoms with Gasteiger partial charge < -0.3 is 15.0 Å². The second kappa shape index (κ2) is 9.12. The van der Waals surface area contributed by atoms with Crippen molar-refractivity contribution >= 4 is 34.3 Å². The van der Waals surface area contributed by atoms with Crippen molar-refractivity contribution in [1.82, 2.24) is 14.9 Å². The van der Waals surface area contributed by atoms with E-state index in [9.17, 15) is 9.59 Å². The number of anilines is 2. The highest BCUT2D eigenvalue weighted by molar-refractivity contribution is 6.07. The van der Waals surface area contributed by atoms with Crippen LogP contribution in [-0.4, -0.2) is 46.9 Å². The maximum atomic E-state index is 13.4. The van der Waals surface area contributed by atoms with Crippen LogP contribution in [0.15, 0.2) is 42.6 Å². The number of hydrogen-bond donors (Lipinski definition) is 1. The molecule has 3 aromatic rings. The first-order chi connectivity index (χ1) is 15.1. The lowest BCUT2D eigenvalue weighted by atomic mass is 10.1. The number of ether oxygens (including phenoxy) is 1. The molecule has 31 heavy (non-hydrogen) atoms. The van der Waals surface area contributed by atoms with Gasteiger partial charge in [0.15, 0.2) is 5.65 Å². The number of esters is 1. The third kappa shape index (κ3) is 4.50. The summed E-state index contributed by atoms with van der Waals surface area (Å²) in [7, 11) is 1.35. The van der Waals surface area contributed by atoms with Crippen LogP contribution in [0.4, 0.5) is 11.4 Å². The summed E-state index contributed by atoms with van der Waals surface area (Å²) in [6, 6.07) is 10.8. The number of carbonyl (C=O) groups is 2. The molecular weight excluding hydrogens is 392 g/mol. The first kappa shape index (κ1) is 20.8. The Labute approximate surface area is 181 Å². The second-order valence-corrected chi connectivity index (χ2v) is 7.77. The lowest BCUT2D eigenvalue weighted by Gasteiger charge is -2.22. The highest BCUT2D eigenvalue weighted by atomic mass is 16.5. The van der Waals surface area contributed by atoms with Crippen LogP contribution in [-0.2, 0) is 4.74 Å². The van der Waals surface area contributed by atoms with Crippen LogP contribution >= 0.6 is 0 Å². The van der Waals surface area contributed by atoms with E-state index in [1.165, 1.54) is 7.11 Å². The molecule has 0 atom stereocenters. The predicted octanol–water partition coefficient (Wildman–Crippen LogP) is 4.48. The number of pyridine rings is 2. The molecule has 3 heterocycles. The minimum Gasteiger partial charge on any atom is -0.465 e. The Morgan fingerprint density at radius 1 is 1.00 bits per heavy atom. The largest absolute Gasteiger partial charge is 0.465 e. The van der Waals surface area contributed by atoms with Gasteiger partial charge in [-0.15, -0.1) is 0 Å². The number of carbonyl (C=O) groups excluding carboxylic acids is 2. The van der Waals surface area contributed by atoms with E-state index in [1.54, 1.807) is 30.5 Å². The molecule has 0 unspecified atom stereocenters. The van der Waals surface area contributed by atoms with E-state index in [4.69, 9.17) is 4.74 Å². The smallest absolute Gasteiger partial charge is 0.337 e. The second-order valence-electron chi connectivity index (χ2n) is 7.77. The van der Waals surface area contributed by atoms with Gasteiger partial charge in [0.05, 0.1) is 23.9 Å². The maximum Gasteiger partial charge on any atom is 0.337 e. The Bertz CT molecular complexity index is 1100. The summed E-state index contributed by atoms with van der Waals surface area (Å²) < 4.78 is 4.77. The van der Waals surface area contributed by atoms with Crippen molar-refractivity contribution in [2.45, 2.75) is 32.6 Å². The zero-order chi connectivity index (χ0) is 21.8. The number of nitrogens with one attached hydrogen (secondary N) is 1. The van der Waals surface area contributed by atoms with Crippen LogP contribution in [0.5, 0.6) is 0 Å². The Morgan fingerprint density at radius 3 is 2.39 bits per heavy atom. The zero-order valence-corrected chi connectivity index (χ0v) is 17.9. The average molecular weight is 418 g/mol. The van der Waals surface area contributed by atoms with Gasteiger partial charge in [0, 0.05) is 36.1 Å². The number of amides is 1. The van der Waals surface area contributed by atoms with Gasteiger partial charge in [-0.3, -0.25) is 4.79 Å². The van der Waals surface area contributed by atoms with E-state index < -0.39 is 5.97 Å². The molecule has 1 amide bonds. The van der Waals surface area contributed by atoms with Crippen molar-refractivity contribution in [2.24, 2.45) is 0 Å². The van der Waals surface area contributed by atoms with Crippen LogP contribution < -0.4 is 5.32 Å². The topological polar surface area (TPSA) is 84.4 Å². The molecule has 4 rings (SSSR count). The molecule has 1 saturated heterocycles. The van der Waals surface area contributed by atoms with E-state index in [0.717, 1.165) is 55.5 Å². The number of benzene rings is 1. The number of fused-ring (bicyclic) bond motifs is 1. The Kier molecular flexibility index (Phi) is 6.11. The number of hydrogen-bond acceptors (Lipinski definition) is 6. The summed E-state index contributed by atoms with van der Waals surface area (Å²) in [5.74, 6) is -0.414. The molecule has 160 valence electrons. The van der Waals surface area contributed by atoms with Crippen LogP contribution in [0.25, 0.3) is 11.0 Å². The van der Waals surface area contributed by atoms with Gasteiger partial charge in [-0.25, -0.2) is 14.8 Å². The molecule has 7 nitrogen and oxygen atoms in total. The zero-order valence-electron chi connectivity index (χ0n) is 17.9. The Morgan fingerprint density at radius 2 is 1.71 bits per heavy atom. The van der Waals surface area contributed by atoms with Crippen LogP contribution in [0.3, 0.4) is 0 Å². The molecule has 7 heteroatoms. The van der Waals surface area contributed by atoms with Crippen molar-refractivity contribution < 1.29 is 14.3 Å². The molecule has 1 N–H and O–H groups in total. The molecule has 0 bridgehead atoms. The molecule has 1 aromatic carbocycles. The van der Waals surface area contributed by atoms with E-state index in [0.29, 0.717) is 22.5 Å². The number of methoxy groups -OCH3 is 1. The van der Waals surface area contributed by atoms with Gasteiger partial charge in [0.25, 0.3) is 5.91 Å². The Hall–Kier alpha value is -3.48. The van der Waals surface area contributed by atoms with Crippen molar-refractivity contribution in [1.29, 1.82) is 0 Å². The fourth-order valence-electron chi connectivity index (χ4n) is 3.86. The lowest BCUT2D eigenvalue weighted by molar-refractivity contribution is 0.0600.